The summed E-state index contributed by atoms with van der Waals surface area (Å²) < 4.78 is 0. The SMILES string of the molecule is CC[C@@H]1[C@H]2C[C@H]3[C@@H]4N(C)c5ccccc5[C@@]45C[C@@H]([C@H]2[C@@H]5O)N3[C@@H]1O. The predicted octanol–water partition coefficient (Wildman–Crippen LogP) is 1.55. The van der Waals surface area contributed by atoms with Crippen LogP contribution in [-0.2, 0) is 5.41 Å². The highest BCUT2D eigenvalue weighted by Gasteiger charge is 2.76. The third-order valence-electron chi connectivity index (χ3n) is 8.46. The summed E-state index contributed by atoms with van der Waals surface area (Å²) in [5.74, 6) is 1.14. The van der Waals surface area contributed by atoms with Gasteiger partial charge in [-0.2, -0.15) is 0 Å². The van der Waals surface area contributed by atoms with Crippen molar-refractivity contribution in [3.63, 3.8) is 0 Å². The lowest BCUT2D eigenvalue weighted by Gasteiger charge is -2.62. The average molecular weight is 326 g/mol. The van der Waals surface area contributed by atoms with Crippen molar-refractivity contribution in [2.24, 2.45) is 17.8 Å². The summed E-state index contributed by atoms with van der Waals surface area (Å²) >= 11 is 0. The molecule has 0 amide bonds. The molecule has 1 aliphatic carbocycles. The van der Waals surface area contributed by atoms with E-state index in [1.54, 1.807) is 0 Å². The Balaban J connectivity index is 1.60. The van der Waals surface area contributed by atoms with E-state index in [2.05, 4.69) is 48.0 Å². The predicted molar refractivity (Wildman–Crippen MR) is 91.7 cm³/mol. The van der Waals surface area contributed by atoms with E-state index >= 15 is 0 Å². The Bertz CT molecular complexity index is 723. The molecule has 1 unspecified atom stereocenters. The zero-order valence-corrected chi connectivity index (χ0v) is 14.3. The van der Waals surface area contributed by atoms with Gasteiger partial charge in [0, 0.05) is 42.1 Å². The molecule has 5 aliphatic heterocycles. The Kier molecular flexibility index (Phi) is 2.45. The lowest BCUT2D eigenvalue weighted by Crippen LogP contribution is -2.72. The molecule has 1 aromatic rings. The number of nitrogens with zero attached hydrogens (tertiary/aromatic N) is 2. The Hall–Kier alpha value is -1.10. The van der Waals surface area contributed by atoms with Crippen molar-refractivity contribution in [2.45, 2.75) is 62.1 Å². The van der Waals surface area contributed by atoms with Crippen LogP contribution in [0.1, 0.15) is 31.7 Å². The fraction of sp³-hybridized carbons (Fsp3) is 0.700. The number of para-hydroxylation sites is 1. The number of hydrogen-bond donors (Lipinski definition) is 2. The van der Waals surface area contributed by atoms with Crippen molar-refractivity contribution < 1.29 is 10.2 Å². The van der Waals surface area contributed by atoms with Crippen LogP contribution in [0.15, 0.2) is 24.3 Å². The van der Waals surface area contributed by atoms with Gasteiger partial charge < -0.3 is 15.1 Å². The summed E-state index contributed by atoms with van der Waals surface area (Å²) in [5, 5.41) is 22.6. The first-order valence-electron chi connectivity index (χ1n) is 9.57. The van der Waals surface area contributed by atoms with Crippen molar-refractivity contribution in [1.29, 1.82) is 0 Å². The molecule has 1 spiro atoms. The van der Waals surface area contributed by atoms with Crippen molar-refractivity contribution in [2.75, 3.05) is 11.9 Å². The van der Waals surface area contributed by atoms with Crippen LogP contribution in [0.2, 0.25) is 0 Å². The normalized spacial score (nSPS) is 55.8. The summed E-state index contributed by atoms with van der Waals surface area (Å²) in [7, 11) is 2.19. The first-order chi connectivity index (χ1) is 11.6. The van der Waals surface area contributed by atoms with E-state index in [1.165, 1.54) is 11.3 Å². The van der Waals surface area contributed by atoms with Gasteiger partial charge >= 0.3 is 0 Å². The summed E-state index contributed by atoms with van der Waals surface area (Å²) in [5.41, 5.74) is 2.51. The standard InChI is InChI=1S/C20H26N2O2/c1-3-10-11-8-14-17-20(12-6-4-5-7-13(12)21(17)2)9-15(16(11)18(20)23)22(14)19(10)24/h4-7,10-11,14-19,23-24H,3,8-9H2,1-2H3/t10-,11-,14+,15+,16+,17+,18+,19-,20+/m1/s1. The monoisotopic (exact) mass is 326 g/mol. The molecule has 4 heteroatoms. The molecule has 10 atom stereocenters. The van der Waals surface area contributed by atoms with Crippen molar-refractivity contribution in [1.82, 2.24) is 4.90 Å². The van der Waals surface area contributed by atoms with E-state index in [0.29, 0.717) is 35.9 Å². The quantitative estimate of drug-likeness (QED) is 0.822. The van der Waals surface area contributed by atoms with Gasteiger partial charge in [0.25, 0.3) is 0 Å². The number of likely N-dealkylation sites (N-methyl/N-ethyl adjacent to an activating group) is 1. The molecule has 0 aromatic heterocycles. The highest BCUT2D eigenvalue weighted by atomic mass is 16.3. The van der Waals surface area contributed by atoms with Crippen LogP contribution in [0.4, 0.5) is 5.69 Å². The molecule has 7 rings (SSSR count). The highest BCUT2D eigenvalue weighted by molar-refractivity contribution is 5.67. The number of benzene rings is 1. The maximum atomic E-state index is 11.6. The summed E-state index contributed by atoms with van der Waals surface area (Å²) in [6.45, 7) is 2.19. The van der Waals surface area contributed by atoms with E-state index in [-0.39, 0.29) is 17.7 Å². The van der Waals surface area contributed by atoms with Gasteiger partial charge in [-0.05, 0) is 36.8 Å². The van der Waals surface area contributed by atoms with Crippen LogP contribution in [0.5, 0.6) is 0 Å². The molecular formula is C20H26N2O2. The average Bonchev–Trinajstić information content (AvgIpc) is 2.97. The molecule has 6 aliphatic rings. The molecule has 4 saturated heterocycles. The van der Waals surface area contributed by atoms with Crippen LogP contribution >= 0.6 is 0 Å². The molecule has 1 saturated carbocycles. The minimum Gasteiger partial charge on any atom is -0.392 e. The number of piperidine rings is 4. The minimum absolute atomic E-state index is 0.126. The van der Waals surface area contributed by atoms with E-state index in [4.69, 9.17) is 0 Å². The topological polar surface area (TPSA) is 46.9 Å². The fourth-order valence-corrected chi connectivity index (χ4v) is 7.88. The van der Waals surface area contributed by atoms with Crippen LogP contribution in [0.25, 0.3) is 0 Å². The Morgan fingerprint density at radius 3 is 2.79 bits per heavy atom. The second kappa shape index (κ2) is 4.17. The third kappa shape index (κ3) is 1.20. The third-order valence-corrected chi connectivity index (χ3v) is 8.46. The second-order valence-electron chi connectivity index (χ2n) is 8.81. The largest absolute Gasteiger partial charge is 0.392 e. The molecule has 0 radical (unpaired) electrons. The van der Waals surface area contributed by atoms with Gasteiger partial charge in [0.1, 0.15) is 6.23 Å². The first kappa shape index (κ1) is 14.1. The maximum absolute atomic E-state index is 11.6. The molecule has 5 fully saturated rings. The van der Waals surface area contributed by atoms with Gasteiger partial charge in [-0.1, -0.05) is 25.1 Å². The van der Waals surface area contributed by atoms with Crippen molar-refractivity contribution >= 4 is 5.69 Å². The molecule has 5 heterocycles. The van der Waals surface area contributed by atoms with Gasteiger partial charge in [-0.3, -0.25) is 4.90 Å². The lowest BCUT2D eigenvalue weighted by molar-refractivity contribution is -0.211. The maximum Gasteiger partial charge on any atom is 0.111 e. The van der Waals surface area contributed by atoms with Crippen molar-refractivity contribution in [3.8, 4) is 0 Å². The molecule has 4 nitrogen and oxygen atoms in total. The lowest BCUT2D eigenvalue weighted by atomic mass is 9.62. The number of aliphatic hydroxyl groups is 2. The number of anilines is 1. The van der Waals surface area contributed by atoms with E-state index in [1.807, 2.05) is 0 Å². The molecular weight excluding hydrogens is 300 g/mol. The van der Waals surface area contributed by atoms with E-state index < -0.39 is 0 Å². The fourth-order valence-electron chi connectivity index (χ4n) is 7.88. The molecule has 24 heavy (non-hydrogen) atoms. The number of aliphatic hydroxyl groups excluding tert-OH is 2. The van der Waals surface area contributed by atoms with Gasteiger partial charge in [0.15, 0.2) is 0 Å². The second-order valence-corrected chi connectivity index (χ2v) is 8.81. The van der Waals surface area contributed by atoms with Gasteiger partial charge in [0.05, 0.1) is 12.1 Å². The highest BCUT2D eigenvalue weighted by Crippen LogP contribution is 2.68. The number of fused-ring (bicyclic) bond motifs is 2. The zero-order valence-electron chi connectivity index (χ0n) is 14.3. The van der Waals surface area contributed by atoms with Crippen molar-refractivity contribution in [3.05, 3.63) is 29.8 Å². The molecule has 128 valence electrons. The minimum atomic E-state index is -0.319. The van der Waals surface area contributed by atoms with Gasteiger partial charge in [-0.15, -0.1) is 0 Å². The smallest absolute Gasteiger partial charge is 0.111 e. The number of hydrogen-bond acceptors (Lipinski definition) is 4. The Labute approximate surface area is 143 Å². The van der Waals surface area contributed by atoms with Crippen LogP contribution in [0, 0.1) is 17.8 Å². The Morgan fingerprint density at radius 2 is 2.00 bits per heavy atom. The van der Waals surface area contributed by atoms with Gasteiger partial charge in [-0.25, -0.2) is 0 Å². The first-order valence-corrected chi connectivity index (χ1v) is 9.57. The molecule has 5 bridgehead atoms. The van der Waals surface area contributed by atoms with Gasteiger partial charge in [0.2, 0.25) is 0 Å². The van der Waals surface area contributed by atoms with E-state index in [0.717, 1.165) is 19.3 Å². The summed E-state index contributed by atoms with van der Waals surface area (Å²) in [4.78, 5) is 4.83. The number of rotatable bonds is 1. The molecule has 1 aromatic carbocycles. The summed E-state index contributed by atoms with van der Waals surface area (Å²) in [6.07, 6.45) is 2.56. The van der Waals surface area contributed by atoms with Crippen LogP contribution in [0.3, 0.4) is 0 Å². The van der Waals surface area contributed by atoms with Crippen LogP contribution < -0.4 is 4.90 Å². The van der Waals surface area contributed by atoms with Crippen LogP contribution in [-0.4, -0.2) is 52.6 Å². The zero-order chi connectivity index (χ0) is 16.4. The Morgan fingerprint density at radius 1 is 1.21 bits per heavy atom. The van der Waals surface area contributed by atoms with E-state index in [9.17, 15) is 10.2 Å². The molecule has 2 N–H and O–H groups in total. The summed E-state index contributed by atoms with van der Waals surface area (Å²) in [6, 6.07) is 9.70.